The molecule has 0 unspecified atom stereocenters. The summed E-state index contributed by atoms with van der Waals surface area (Å²) >= 11 is 6.56. The van der Waals surface area contributed by atoms with E-state index in [-0.39, 0.29) is 17.6 Å². The van der Waals surface area contributed by atoms with Gasteiger partial charge >= 0.3 is 0 Å². The van der Waals surface area contributed by atoms with Crippen molar-refractivity contribution in [1.29, 1.82) is 0 Å². The SMILES string of the molecule is COc1cc(/C=C2\SC(=S)N(c3ccc(NC(C)=O)cc3)C2=O)ccc1O. The van der Waals surface area contributed by atoms with Crippen molar-refractivity contribution in [2.75, 3.05) is 17.3 Å². The molecule has 6 nitrogen and oxygen atoms in total. The third-order valence-corrected chi connectivity index (χ3v) is 5.04. The van der Waals surface area contributed by atoms with Crippen LogP contribution in [0.3, 0.4) is 0 Å². The Labute approximate surface area is 165 Å². The molecule has 1 fully saturated rings. The maximum atomic E-state index is 12.8. The lowest BCUT2D eigenvalue weighted by atomic mass is 10.2. The number of benzene rings is 2. The van der Waals surface area contributed by atoms with Crippen LogP contribution in [0.1, 0.15) is 12.5 Å². The van der Waals surface area contributed by atoms with E-state index in [1.165, 1.54) is 36.8 Å². The van der Waals surface area contributed by atoms with E-state index < -0.39 is 0 Å². The second-order valence-corrected chi connectivity index (χ2v) is 7.35. The van der Waals surface area contributed by atoms with Gasteiger partial charge in [0.2, 0.25) is 5.91 Å². The van der Waals surface area contributed by atoms with Gasteiger partial charge in [0.1, 0.15) is 0 Å². The number of thioether (sulfide) groups is 1. The number of aromatic hydroxyl groups is 1. The van der Waals surface area contributed by atoms with E-state index in [1.54, 1.807) is 42.5 Å². The summed E-state index contributed by atoms with van der Waals surface area (Å²) in [5.74, 6) is -0.0424. The molecular formula is C19H16N2O4S2. The monoisotopic (exact) mass is 400 g/mol. The lowest BCUT2D eigenvalue weighted by Gasteiger charge is -2.15. The number of rotatable bonds is 4. The van der Waals surface area contributed by atoms with Gasteiger partial charge in [0, 0.05) is 12.6 Å². The fourth-order valence-electron chi connectivity index (χ4n) is 2.52. The van der Waals surface area contributed by atoms with Crippen LogP contribution in [0.5, 0.6) is 11.5 Å². The Morgan fingerprint density at radius 2 is 1.96 bits per heavy atom. The van der Waals surface area contributed by atoms with Crippen LogP contribution in [-0.2, 0) is 9.59 Å². The van der Waals surface area contributed by atoms with E-state index in [4.69, 9.17) is 17.0 Å². The number of hydrogen-bond acceptors (Lipinski definition) is 6. The summed E-state index contributed by atoms with van der Waals surface area (Å²) in [6.07, 6.45) is 1.70. The Balaban J connectivity index is 1.85. The Morgan fingerprint density at radius 1 is 1.26 bits per heavy atom. The molecule has 0 spiro atoms. The Kier molecular flexibility index (Phi) is 5.48. The van der Waals surface area contributed by atoms with Gasteiger partial charge in [0.25, 0.3) is 5.91 Å². The maximum Gasteiger partial charge on any atom is 0.270 e. The van der Waals surface area contributed by atoms with Crippen LogP contribution in [0.4, 0.5) is 11.4 Å². The zero-order chi connectivity index (χ0) is 19.6. The summed E-state index contributed by atoms with van der Waals surface area (Å²) in [5.41, 5.74) is 1.98. The first kappa shape index (κ1) is 18.9. The van der Waals surface area contributed by atoms with Crippen LogP contribution < -0.4 is 15.0 Å². The van der Waals surface area contributed by atoms with Crippen LogP contribution in [0.15, 0.2) is 47.4 Å². The normalized spacial score (nSPS) is 15.3. The quantitative estimate of drug-likeness (QED) is 0.601. The van der Waals surface area contributed by atoms with Crippen molar-refractivity contribution in [3.05, 3.63) is 52.9 Å². The van der Waals surface area contributed by atoms with Crippen LogP contribution in [0.2, 0.25) is 0 Å². The Bertz CT molecular complexity index is 955. The minimum Gasteiger partial charge on any atom is -0.504 e. The third kappa shape index (κ3) is 4.12. The van der Waals surface area contributed by atoms with E-state index in [2.05, 4.69) is 5.32 Å². The highest BCUT2D eigenvalue weighted by atomic mass is 32.2. The number of phenolic OH excluding ortho intramolecular Hbond substituents is 1. The van der Waals surface area contributed by atoms with Crippen molar-refractivity contribution in [2.24, 2.45) is 0 Å². The Morgan fingerprint density at radius 3 is 2.59 bits per heavy atom. The number of carbonyl (C=O) groups excluding carboxylic acids is 2. The summed E-state index contributed by atoms with van der Waals surface area (Å²) in [5, 5.41) is 12.4. The van der Waals surface area contributed by atoms with Crippen LogP contribution >= 0.6 is 24.0 Å². The average molecular weight is 400 g/mol. The molecule has 1 heterocycles. The molecule has 2 N–H and O–H groups in total. The number of nitrogens with one attached hydrogen (secondary N) is 1. The molecule has 0 aromatic heterocycles. The summed E-state index contributed by atoms with van der Waals surface area (Å²) < 4.78 is 5.51. The molecule has 1 aliphatic heterocycles. The first-order valence-corrected chi connectivity index (χ1v) is 9.14. The molecule has 0 radical (unpaired) electrons. The molecule has 2 aromatic rings. The standard InChI is InChI=1S/C19H16N2O4S2/c1-11(22)20-13-4-6-14(7-5-13)21-18(24)17(27-19(21)26)10-12-3-8-15(23)16(9-12)25-2/h3-10,23H,1-2H3,(H,20,22)/b17-10-. The lowest BCUT2D eigenvalue weighted by Crippen LogP contribution is -2.27. The predicted molar refractivity (Wildman–Crippen MR) is 111 cm³/mol. The topological polar surface area (TPSA) is 78.9 Å². The first-order chi connectivity index (χ1) is 12.9. The van der Waals surface area contributed by atoms with E-state index >= 15 is 0 Å². The average Bonchev–Trinajstić information content (AvgIpc) is 2.90. The lowest BCUT2D eigenvalue weighted by molar-refractivity contribution is -0.114. The molecule has 0 saturated carbocycles. The molecule has 1 saturated heterocycles. The van der Waals surface area contributed by atoms with Gasteiger partial charge in [-0.3, -0.25) is 14.5 Å². The summed E-state index contributed by atoms with van der Waals surface area (Å²) in [6, 6.07) is 11.7. The van der Waals surface area contributed by atoms with Gasteiger partial charge in [-0.05, 0) is 48.0 Å². The van der Waals surface area contributed by atoms with Gasteiger partial charge in [-0.25, -0.2) is 0 Å². The van der Waals surface area contributed by atoms with Crippen LogP contribution in [-0.4, -0.2) is 28.4 Å². The highest BCUT2D eigenvalue weighted by Crippen LogP contribution is 2.37. The summed E-state index contributed by atoms with van der Waals surface area (Å²) in [4.78, 5) is 25.8. The number of hydrogen-bond donors (Lipinski definition) is 2. The molecule has 2 aromatic carbocycles. The molecular weight excluding hydrogens is 384 g/mol. The van der Waals surface area contributed by atoms with Gasteiger partial charge < -0.3 is 15.2 Å². The molecule has 3 rings (SSSR count). The number of thiocarbonyl (C=S) groups is 1. The fourth-order valence-corrected chi connectivity index (χ4v) is 3.82. The van der Waals surface area contributed by atoms with Gasteiger partial charge in [-0.1, -0.05) is 30.0 Å². The minimum atomic E-state index is -0.232. The maximum absolute atomic E-state index is 12.8. The first-order valence-electron chi connectivity index (χ1n) is 7.91. The van der Waals surface area contributed by atoms with Crippen molar-refractivity contribution < 1.29 is 19.4 Å². The number of phenols is 1. The van der Waals surface area contributed by atoms with Gasteiger partial charge in [0.15, 0.2) is 15.8 Å². The minimum absolute atomic E-state index is 0.0291. The number of anilines is 2. The van der Waals surface area contributed by atoms with Crippen molar-refractivity contribution >= 4 is 57.6 Å². The highest BCUT2D eigenvalue weighted by Gasteiger charge is 2.33. The number of ether oxygens (including phenoxy) is 1. The zero-order valence-corrected chi connectivity index (χ0v) is 16.2. The fraction of sp³-hybridized carbons (Fsp3) is 0.105. The van der Waals surface area contributed by atoms with Gasteiger partial charge in [0.05, 0.1) is 17.7 Å². The Hall–Kier alpha value is -2.84. The van der Waals surface area contributed by atoms with E-state index in [0.717, 1.165) is 0 Å². The van der Waals surface area contributed by atoms with Gasteiger partial charge in [-0.2, -0.15) is 0 Å². The number of nitrogens with zero attached hydrogens (tertiary/aromatic N) is 1. The summed E-state index contributed by atoms with van der Waals surface area (Å²) in [6.45, 7) is 1.43. The van der Waals surface area contributed by atoms with Crippen LogP contribution in [0.25, 0.3) is 6.08 Å². The van der Waals surface area contributed by atoms with E-state index in [0.29, 0.717) is 31.9 Å². The second kappa shape index (κ2) is 7.81. The molecule has 0 aliphatic carbocycles. The summed E-state index contributed by atoms with van der Waals surface area (Å²) in [7, 11) is 1.46. The van der Waals surface area contributed by atoms with Crippen LogP contribution in [0, 0.1) is 0 Å². The molecule has 2 amide bonds. The third-order valence-electron chi connectivity index (χ3n) is 3.74. The molecule has 0 bridgehead atoms. The molecule has 27 heavy (non-hydrogen) atoms. The highest BCUT2D eigenvalue weighted by molar-refractivity contribution is 8.27. The largest absolute Gasteiger partial charge is 0.504 e. The second-order valence-electron chi connectivity index (χ2n) is 5.68. The molecule has 1 aliphatic rings. The van der Waals surface area contributed by atoms with Crippen molar-refractivity contribution in [3.8, 4) is 11.5 Å². The van der Waals surface area contributed by atoms with Crippen molar-refractivity contribution in [2.45, 2.75) is 6.92 Å². The molecule has 138 valence electrons. The van der Waals surface area contributed by atoms with Gasteiger partial charge in [-0.15, -0.1) is 0 Å². The van der Waals surface area contributed by atoms with E-state index in [1.807, 2.05) is 0 Å². The number of amides is 2. The zero-order valence-electron chi connectivity index (χ0n) is 14.6. The van der Waals surface area contributed by atoms with Crippen molar-refractivity contribution in [1.82, 2.24) is 0 Å². The predicted octanol–water partition coefficient (Wildman–Crippen LogP) is 3.77. The smallest absolute Gasteiger partial charge is 0.270 e. The molecule has 8 heteroatoms. The van der Waals surface area contributed by atoms with Crippen molar-refractivity contribution in [3.63, 3.8) is 0 Å². The van der Waals surface area contributed by atoms with E-state index in [9.17, 15) is 14.7 Å². The number of carbonyl (C=O) groups is 2. The molecule has 0 atom stereocenters. The number of methoxy groups -OCH3 is 1.